The highest BCUT2D eigenvalue weighted by Gasteiger charge is 2.11. The van der Waals surface area contributed by atoms with Crippen molar-refractivity contribution in [2.45, 2.75) is 20.8 Å². The van der Waals surface area contributed by atoms with Crippen LogP contribution in [0.25, 0.3) is 10.9 Å². The fraction of sp³-hybridized carbons (Fsp3) is 0.333. The van der Waals surface area contributed by atoms with Crippen LogP contribution in [0.1, 0.15) is 19.4 Å². The second kappa shape index (κ2) is 8.63. The number of benzene rings is 2. The number of aromatic nitrogens is 2. The zero-order valence-corrected chi connectivity index (χ0v) is 15.7. The Morgan fingerprint density at radius 2 is 1.69 bits per heavy atom. The molecule has 0 amide bonds. The van der Waals surface area contributed by atoms with Crippen LogP contribution in [0, 0.1) is 6.92 Å². The molecule has 0 atom stereocenters. The average Bonchev–Trinajstić information content (AvgIpc) is 2.71. The highest BCUT2D eigenvalue weighted by Crippen LogP contribution is 2.25. The molecule has 1 fully saturated rings. The average molecular weight is 350 g/mol. The van der Waals surface area contributed by atoms with Crippen LogP contribution in [-0.2, 0) is 4.74 Å². The minimum Gasteiger partial charge on any atom is -0.378 e. The molecule has 4 rings (SSSR count). The summed E-state index contributed by atoms with van der Waals surface area (Å²) < 4.78 is 5.41. The minimum absolute atomic E-state index is 0.798. The van der Waals surface area contributed by atoms with Crippen LogP contribution in [0.3, 0.4) is 0 Å². The van der Waals surface area contributed by atoms with Crippen LogP contribution in [0.5, 0.6) is 0 Å². The first-order chi connectivity index (χ1) is 12.8. The van der Waals surface area contributed by atoms with Gasteiger partial charge in [-0.05, 0) is 43.3 Å². The quantitative estimate of drug-likeness (QED) is 0.751. The first-order valence-corrected chi connectivity index (χ1v) is 9.21. The third-order valence-corrected chi connectivity index (χ3v) is 4.30. The van der Waals surface area contributed by atoms with Crippen molar-refractivity contribution in [3.05, 3.63) is 54.4 Å². The second-order valence-electron chi connectivity index (χ2n) is 6.01. The molecular formula is C21H26N4O. The van der Waals surface area contributed by atoms with Gasteiger partial charge in [0.2, 0.25) is 0 Å². The Bertz CT molecular complexity index is 842. The Morgan fingerprint density at radius 3 is 2.42 bits per heavy atom. The highest BCUT2D eigenvalue weighted by molar-refractivity contribution is 5.91. The Hall–Kier alpha value is -2.66. The van der Waals surface area contributed by atoms with Gasteiger partial charge in [-0.3, -0.25) is 0 Å². The van der Waals surface area contributed by atoms with Crippen molar-refractivity contribution < 1.29 is 4.74 Å². The van der Waals surface area contributed by atoms with Crippen molar-refractivity contribution in [3.63, 3.8) is 0 Å². The van der Waals surface area contributed by atoms with E-state index in [1.54, 1.807) is 6.33 Å². The van der Waals surface area contributed by atoms with Gasteiger partial charge in [-0.1, -0.05) is 25.5 Å². The summed E-state index contributed by atoms with van der Waals surface area (Å²) in [5, 5.41) is 4.45. The summed E-state index contributed by atoms with van der Waals surface area (Å²) in [4.78, 5) is 11.1. The molecule has 0 aliphatic carbocycles. The molecule has 1 aliphatic heterocycles. The van der Waals surface area contributed by atoms with E-state index in [2.05, 4.69) is 63.5 Å². The summed E-state index contributed by atoms with van der Waals surface area (Å²) >= 11 is 0. The molecule has 1 aromatic heterocycles. The van der Waals surface area contributed by atoms with Crippen molar-refractivity contribution in [2.24, 2.45) is 0 Å². The number of anilines is 3. The van der Waals surface area contributed by atoms with Crippen LogP contribution < -0.4 is 10.2 Å². The number of hydrogen-bond acceptors (Lipinski definition) is 5. The summed E-state index contributed by atoms with van der Waals surface area (Å²) in [6.07, 6.45) is 1.60. The van der Waals surface area contributed by atoms with Gasteiger partial charge in [0.25, 0.3) is 0 Å². The number of rotatable bonds is 3. The number of nitrogens with one attached hydrogen (secondary N) is 1. The van der Waals surface area contributed by atoms with Crippen molar-refractivity contribution in [1.82, 2.24) is 9.97 Å². The van der Waals surface area contributed by atoms with Gasteiger partial charge in [-0.2, -0.15) is 0 Å². The molecule has 0 radical (unpaired) electrons. The van der Waals surface area contributed by atoms with E-state index in [-0.39, 0.29) is 0 Å². The lowest BCUT2D eigenvalue weighted by molar-refractivity contribution is 0.122. The summed E-state index contributed by atoms with van der Waals surface area (Å²) in [7, 11) is 0. The molecule has 5 heteroatoms. The number of morpholine rings is 1. The summed E-state index contributed by atoms with van der Waals surface area (Å²) in [5.74, 6) is 0.836. The van der Waals surface area contributed by atoms with Gasteiger partial charge >= 0.3 is 0 Å². The smallest absolute Gasteiger partial charge is 0.141 e. The Balaban J connectivity index is 0.000000948. The second-order valence-corrected chi connectivity index (χ2v) is 6.01. The standard InChI is InChI=1S/C19H20N4O.C2H6/c1-14-2-7-18-17(12-14)19(21-13-20-18)22-15-3-5-16(6-4-15)23-8-10-24-11-9-23;1-2/h2-7,12-13H,8-11H2,1H3,(H,20,21,22);1-2H3. The van der Waals surface area contributed by atoms with Gasteiger partial charge in [0.15, 0.2) is 0 Å². The van der Waals surface area contributed by atoms with Crippen molar-refractivity contribution in [1.29, 1.82) is 0 Å². The number of fused-ring (bicyclic) bond motifs is 1. The lowest BCUT2D eigenvalue weighted by atomic mass is 10.1. The number of aryl methyl sites for hydroxylation is 1. The molecule has 1 saturated heterocycles. The van der Waals surface area contributed by atoms with E-state index >= 15 is 0 Å². The molecule has 2 heterocycles. The number of nitrogens with zero attached hydrogens (tertiary/aromatic N) is 3. The third-order valence-electron chi connectivity index (χ3n) is 4.30. The fourth-order valence-corrected chi connectivity index (χ4v) is 2.98. The predicted octanol–water partition coefficient (Wildman–Crippen LogP) is 4.54. The first-order valence-electron chi connectivity index (χ1n) is 9.21. The molecule has 3 aromatic rings. The van der Waals surface area contributed by atoms with Gasteiger partial charge < -0.3 is 15.0 Å². The van der Waals surface area contributed by atoms with E-state index in [4.69, 9.17) is 4.74 Å². The molecule has 5 nitrogen and oxygen atoms in total. The van der Waals surface area contributed by atoms with Crippen molar-refractivity contribution in [3.8, 4) is 0 Å². The van der Waals surface area contributed by atoms with E-state index in [9.17, 15) is 0 Å². The van der Waals surface area contributed by atoms with E-state index in [1.807, 2.05) is 19.9 Å². The molecule has 26 heavy (non-hydrogen) atoms. The molecule has 1 N–H and O–H groups in total. The van der Waals surface area contributed by atoms with E-state index in [0.29, 0.717) is 0 Å². The van der Waals surface area contributed by atoms with Crippen molar-refractivity contribution >= 4 is 28.1 Å². The Kier molecular flexibility index (Phi) is 6.02. The van der Waals surface area contributed by atoms with Crippen LogP contribution in [0.4, 0.5) is 17.2 Å². The highest BCUT2D eigenvalue weighted by atomic mass is 16.5. The molecule has 0 spiro atoms. The third kappa shape index (κ3) is 4.11. The number of hydrogen-bond donors (Lipinski definition) is 1. The lowest BCUT2D eigenvalue weighted by Gasteiger charge is -2.28. The van der Waals surface area contributed by atoms with Gasteiger partial charge in [0, 0.05) is 29.9 Å². The van der Waals surface area contributed by atoms with Gasteiger partial charge in [0.05, 0.1) is 18.7 Å². The molecule has 0 saturated carbocycles. The minimum atomic E-state index is 0.798. The zero-order chi connectivity index (χ0) is 18.4. The summed E-state index contributed by atoms with van der Waals surface area (Å²) in [6, 6.07) is 14.7. The van der Waals surface area contributed by atoms with Gasteiger partial charge in [0.1, 0.15) is 12.1 Å². The maximum Gasteiger partial charge on any atom is 0.141 e. The predicted molar refractivity (Wildman–Crippen MR) is 108 cm³/mol. The SMILES string of the molecule is CC.Cc1ccc2ncnc(Nc3ccc(N4CCOCC4)cc3)c2c1. The maximum atomic E-state index is 5.41. The van der Waals surface area contributed by atoms with Crippen LogP contribution in [0.15, 0.2) is 48.8 Å². The maximum absolute atomic E-state index is 5.41. The topological polar surface area (TPSA) is 50.3 Å². The van der Waals surface area contributed by atoms with Gasteiger partial charge in [-0.25, -0.2) is 9.97 Å². The summed E-state index contributed by atoms with van der Waals surface area (Å²) in [5.41, 5.74) is 4.40. The first kappa shape index (κ1) is 18.1. The molecular weight excluding hydrogens is 324 g/mol. The lowest BCUT2D eigenvalue weighted by Crippen LogP contribution is -2.36. The largest absolute Gasteiger partial charge is 0.378 e. The van der Waals surface area contributed by atoms with E-state index in [1.165, 1.54) is 11.3 Å². The van der Waals surface area contributed by atoms with Crippen LogP contribution in [-0.4, -0.2) is 36.3 Å². The van der Waals surface area contributed by atoms with E-state index in [0.717, 1.165) is 48.7 Å². The molecule has 0 bridgehead atoms. The Labute approximate surface area is 155 Å². The van der Waals surface area contributed by atoms with Gasteiger partial charge in [-0.15, -0.1) is 0 Å². The summed E-state index contributed by atoms with van der Waals surface area (Å²) in [6.45, 7) is 9.57. The Morgan fingerprint density at radius 1 is 0.962 bits per heavy atom. The van der Waals surface area contributed by atoms with E-state index < -0.39 is 0 Å². The normalized spacial score (nSPS) is 13.9. The number of ether oxygens (including phenoxy) is 1. The van der Waals surface area contributed by atoms with Crippen LogP contribution in [0.2, 0.25) is 0 Å². The molecule has 2 aromatic carbocycles. The fourth-order valence-electron chi connectivity index (χ4n) is 2.98. The zero-order valence-electron chi connectivity index (χ0n) is 15.7. The monoisotopic (exact) mass is 350 g/mol. The molecule has 0 unspecified atom stereocenters. The molecule has 1 aliphatic rings. The van der Waals surface area contributed by atoms with Crippen molar-refractivity contribution in [2.75, 3.05) is 36.5 Å². The molecule has 136 valence electrons. The van der Waals surface area contributed by atoms with Crippen LogP contribution >= 0.6 is 0 Å².